The first-order valence-corrected chi connectivity index (χ1v) is 5.83. The van der Waals surface area contributed by atoms with Gasteiger partial charge in [-0.1, -0.05) is 0 Å². The van der Waals surface area contributed by atoms with Gasteiger partial charge in [-0.15, -0.1) is 0 Å². The first-order chi connectivity index (χ1) is 8.22. The van der Waals surface area contributed by atoms with E-state index in [2.05, 4.69) is 31.1 Å². The molecule has 5 nitrogen and oxygen atoms in total. The van der Waals surface area contributed by atoms with Crippen molar-refractivity contribution in [1.29, 1.82) is 0 Å². The molecule has 0 aliphatic heterocycles. The average Bonchev–Trinajstić information content (AvgIpc) is 2.86. The summed E-state index contributed by atoms with van der Waals surface area (Å²) in [6.07, 6.45) is 7.19. The number of hydrogen-bond donors (Lipinski definition) is 1. The van der Waals surface area contributed by atoms with Crippen LogP contribution in [0.25, 0.3) is 5.65 Å². The van der Waals surface area contributed by atoms with Gasteiger partial charge >= 0.3 is 0 Å². The van der Waals surface area contributed by atoms with Crippen LogP contribution in [0.1, 0.15) is 5.69 Å². The zero-order chi connectivity index (χ0) is 11.8. The molecule has 6 heteroatoms. The lowest BCUT2D eigenvalue weighted by atomic mass is 10.4. The van der Waals surface area contributed by atoms with Crippen molar-refractivity contribution < 1.29 is 4.74 Å². The Labute approximate surface area is 106 Å². The van der Waals surface area contributed by atoms with Crippen molar-refractivity contribution in [3.8, 4) is 11.5 Å². The van der Waals surface area contributed by atoms with E-state index < -0.39 is 0 Å². The lowest BCUT2D eigenvalue weighted by molar-refractivity contribution is 0.484. The Morgan fingerprint density at radius 2 is 2.29 bits per heavy atom. The number of rotatable bonds is 2. The number of imidazole rings is 1. The molecule has 0 aromatic carbocycles. The molecule has 1 N–H and O–H groups in total. The molecule has 0 amide bonds. The van der Waals surface area contributed by atoms with Gasteiger partial charge in [0.2, 0.25) is 0 Å². The van der Waals surface area contributed by atoms with Crippen LogP contribution in [0.5, 0.6) is 11.5 Å². The Morgan fingerprint density at radius 3 is 3.06 bits per heavy atom. The highest BCUT2D eigenvalue weighted by molar-refractivity contribution is 9.10. The maximum atomic E-state index is 5.72. The summed E-state index contributed by atoms with van der Waals surface area (Å²) in [5, 5.41) is 6.54. The van der Waals surface area contributed by atoms with E-state index in [1.807, 2.05) is 29.8 Å². The van der Waals surface area contributed by atoms with Crippen LogP contribution < -0.4 is 4.74 Å². The number of H-pyrrole nitrogens is 1. The van der Waals surface area contributed by atoms with E-state index in [0.29, 0.717) is 11.5 Å². The molecule has 86 valence electrons. The molecule has 0 fully saturated rings. The molecule has 0 spiro atoms. The number of aromatic amines is 1. The summed E-state index contributed by atoms with van der Waals surface area (Å²) < 4.78 is 8.58. The van der Waals surface area contributed by atoms with Crippen molar-refractivity contribution >= 4 is 21.6 Å². The second-order valence-corrected chi connectivity index (χ2v) is 4.59. The van der Waals surface area contributed by atoms with Crippen LogP contribution in [0, 0.1) is 6.92 Å². The predicted octanol–water partition coefficient (Wildman–Crippen LogP) is 2.92. The van der Waals surface area contributed by atoms with E-state index in [4.69, 9.17) is 4.74 Å². The third kappa shape index (κ3) is 1.91. The fraction of sp³-hybridized carbons (Fsp3) is 0.0909. The molecule has 0 saturated heterocycles. The van der Waals surface area contributed by atoms with Crippen molar-refractivity contribution in [2.24, 2.45) is 0 Å². The first kappa shape index (κ1) is 10.3. The number of pyridine rings is 1. The molecule has 3 aromatic rings. The van der Waals surface area contributed by atoms with Crippen molar-refractivity contribution in [1.82, 2.24) is 19.6 Å². The molecule has 0 atom stereocenters. The molecule has 3 rings (SSSR count). The minimum Gasteiger partial charge on any atom is -0.450 e. The Hall–Kier alpha value is -1.82. The molecule has 0 radical (unpaired) electrons. The van der Waals surface area contributed by atoms with Gasteiger partial charge in [-0.3, -0.25) is 5.10 Å². The Kier molecular flexibility index (Phi) is 2.36. The van der Waals surface area contributed by atoms with Crippen LogP contribution in [-0.4, -0.2) is 19.6 Å². The predicted molar refractivity (Wildman–Crippen MR) is 66.3 cm³/mol. The summed E-state index contributed by atoms with van der Waals surface area (Å²) in [4.78, 5) is 4.42. The first-order valence-electron chi connectivity index (χ1n) is 5.04. The van der Waals surface area contributed by atoms with Gasteiger partial charge in [-0.2, -0.15) is 5.10 Å². The molecule has 17 heavy (non-hydrogen) atoms. The molecular weight excluding hydrogens is 284 g/mol. The monoisotopic (exact) mass is 292 g/mol. The van der Waals surface area contributed by atoms with Crippen LogP contribution >= 0.6 is 15.9 Å². The number of ether oxygens (including phenoxy) is 1. The fourth-order valence-corrected chi connectivity index (χ4v) is 2.08. The zero-order valence-electron chi connectivity index (χ0n) is 9.01. The van der Waals surface area contributed by atoms with Crippen molar-refractivity contribution in [3.63, 3.8) is 0 Å². The van der Waals surface area contributed by atoms with Crippen LogP contribution in [0.15, 0.2) is 35.3 Å². The molecule has 3 heterocycles. The van der Waals surface area contributed by atoms with E-state index in [-0.39, 0.29) is 0 Å². The minimum atomic E-state index is 0.658. The highest BCUT2D eigenvalue weighted by Gasteiger charge is 2.09. The normalized spacial score (nSPS) is 10.9. The van der Waals surface area contributed by atoms with Crippen LogP contribution in [0.4, 0.5) is 0 Å². The van der Waals surface area contributed by atoms with Gasteiger partial charge in [0.25, 0.3) is 0 Å². The topological polar surface area (TPSA) is 55.2 Å². The molecule has 3 aromatic heterocycles. The fourth-order valence-electron chi connectivity index (χ4n) is 1.65. The van der Waals surface area contributed by atoms with Crippen LogP contribution in [0.2, 0.25) is 0 Å². The molecule has 0 bridgehead atoms. The summed E-state index contributed by atoms with van der Waals surface area (Å²) in [6.45, 7) is 1.95. The number of nitrogens with one attached hydrogen (secondary N) is 1. The Balaban J connectivity index is 2.14. The van der Waals surface area contributed by atoms with E-state index in [0.717, 1.165) is 15.8 Å². The Bertz CT molecular complexity index is 659. The smallest absolute Gasteiger partial charge is 0.180 e. The number of aryl methyl sites for hydroxylation is 1. The van der Waals surface area contributed by atoms with Crippen LogP contribution in [-0.2, 0) is 0 Å². The summed E-state index contributed by atoms with van der Waals surface area (Å²) in [7, 11) is 0. The number of aromatic nitrogens is 4. The summed E-state index contributed by atoms with van der Waals surface area (Å²) in [6, 6.07) is 1.88. The summed E-state index contributed by atoms with van der Waals surface area (Å²) in [5.41, 5.74) is 1.73. The minimum absolute atomic E-state index is 0.658. The largest absolute Gasteiger partial charge is 0.450 e. The number of hydrogen-bond acceptors (Lipinski definition) is 3. The van der Waals surface area contributed by atoms with Crippen molar-refractivity contribution in [2.45, 2.75) is 6.92 Å². The maximum absolute atomic E-state index is 5.72. The highest BCUT2D eigenvalue weighted by atomic mass is 79.9. The van der Waals surface area contributed by atoms with Gasteiger partial charge in [0.1, 0.15) is 0 Å². The summed E-state index contributed by atoms with van der Waals surface area (Å²) in [5.74, 6) is 1.35. The SMILES string of the molecule is Cc1cn2cc(Br)cc(Oc3cn[nH]c3)c2n1. The van der Waals surface area contributed by atoms with E-state index in [1.165, 1.54) is 0 Å². The second-order valence-electron chi connectivity index (χ2n) is 3.67. The Morgan fingerprint density at radius 1 is 1.41 bits per heavy atom. The number of fused-ring (bicyclic) bond motifs is 1. The van der Waals surface area contributed by atoms with Gasteiger partial charge in [-0.25, -0.2) is 4.98 Å². The molecule has 0 aliphatic carbocycles. The summed E-state index contributed by atoms with van der Waals surface area (Å²) >= 11 is 3.44. The molecule has 0 unspecified atom stereocenters. The maximum Gasteiger partial charge on any atom is 0.180 e. The van der Waals surface area contributed by atoms with Gasteiger partial charge < -0.3 is 9.14 Å². The standard InChI is InChI=1S/C11H9BrN4O/c1-7-5-16-6-8(12)2-10(11(16)15-7)17-9-3-13-14-4-9/h2-6H,1H3,(H,13,14). The van der Waals surface area contributed by atoms with Gasteiger partial charge in [0.05, 0.1) is 18.1 Å². The molecule has 0 aliphatic rings. The van der Waals surface area contributed by atoms with Gasteiger partial charge in [-0.05, 0) is 22.9 Å². The van der Waals surface area contributed by atoms with E-state index in [9.17, 15) is 0 Å². The third-order valence-electron chi connectivity index (χ3n) is 2.31. The quantitative estimate of drug-likeness (QED) is 0.790. The zero-order valence-corrected chi connectivity index (χ0v) is 10.6. The lowest BCUT2D eigenvalue weighted by Crippen LogP contribution is -1.89. The molecular formula is C11H9BrN4O. The average molecular weight is 293 g/mol. The van der Waals surface area contributed by atoms with Gasteiger partial charge in [0, 0.05) is 22.9 Å². The lowest BCUT2D eigenvalue weighted by Gasteiger charge is -2.05. The second kappa shape index (κ2) is 3.89. The number of nitrogens with zero attached hydrogens (tertiary/aromatic N) is 3. The molecule has 0 saturated carbocycles. The van der Waals surface area contributed by atoms with Crippen LogP contribution in [0.3, 0.4) is 0 Å². The van der Waals surface area contributed by atoms with Gasteiger partial charge in [0.15, 0.2) is 17.1 Å². The highest BCUT2D eigenvalue weighted by Crippen LogP contribution is 2.28. The number of halogens is 1. The van der Waals surface area contributed by atoms with Crippen molar-refractivity contribution in [2.75, 3.05) is 0 Å². The van der Waals surface area contributed by atoms with E-state index in [1.54, 1.807) is 12.4 Å². The third-order valence-corrected chi connectivity index (χ3v) is 2.74. The van der Waals surface area contributed by atoms with E-state index >= 15 is 0 Å². The van der Waals surface area contributed by atoms with Crippen molar-refractivity contribution in [3.05, 3.63) is 41.0 Å².